The molecule has 0 aliphatic carbocycles. The topological polar surface area (TPSA) is 66.8 Å². The van der Waals surface area contributed by atoms with Crippen LogP contribution < -0.4 is 9.64 Å². The van der Waals surface area contributed by atoms with Gasteiger partial charge in [0.1, 0.15) is 5.75 Å². The molecular formula is C17H23NO4. The lowest BCUT2D eigenvalue weighted by molar-refractivity contribution is -0.137. The number of anilines is 1. The molecule has 22 heavy (non-hydrogen) atoms. The van der Waals surface area contributed by atoms with Gasteiger partial charge in [0.2, 0.25) is 5.91 Å². The third-order valence-corrected chi connectivity index (χ3v) is 3.82. The third kappa shape index (κ3) is 4.23. The fourth-order valence-electron chi connectivity index (χ4n) is 2.65. The Morgan fingerprint density at radius 1 is 1.32 bits per heavy atom. The van der Waals surface area contributed by atoms with Gasteiger partial charge in [-0.3, -0.25) is 9.59 Å². The maximum atomic E-state index is 12.1. The summed E-state index contributed by atoms with van der Waals surface area (Å²) in [6, 6.07) is 5.65. The minimum absolute atomic E-state index is 0.0152. The monoisotopic (exact) mass is 305 g/mol. The van der Waals surface area contributed by atoms with Gasteiger partial charge in [-0.2, -0.15) is 0 Å². The number of carbonyl (C=O) groups is 2. The van der Waals surface area contributed by atoms with Gasteiger partial charge in [0.05, 0.1) is 13.0 Å². The zero-order valence-electron chi connectivity index (χ0n) is 13.0. The summed E-state index contributed by atoms with van der Waals surface area (Å²) in [4.78, 5) is 24.5. The Labute approximate surface area is 130 Å². The van der Waals surface area contributed by atoms with Crippen molar-refractivity contribution in [3.8, 4) is 5.75 Å². The average Bonchev–Trinajstić information content (AvgIpc) is 2.49. The van der Waals surface area contributed by atoms with Crippen LogP contribution in [0.15, 0.2) is 18.2 Å². The number of hydrogen-bond acceptors (Lipinski definition) is 3. The van der Waals surface area contributed by atoms with Crippen LogP contribution in [0.25, 0.3) is 0 Å². The molecule has 2 rings (SSSR count). The molecule has 0 atom stereocenters. The van der Waals surface area contributed by atoms with E-state index in [0.29, 0.717) is 18.6 Å². The number of benzene rings is 1. The maximum absolute atomic E-state index is 12.1. The molecule has 0 saturated carbocycles. The van der Waals surface area contributed by atoms with Crippen LogP contribution in [0.1, 0.15) is 44.6 Å². The molecule has 0 spiro atoms. The summed E-state index contributed by atoms with van der Waals surface area (Å²) in [6.45, 7) is 3.07. The number of carboxylic acid groups (broad SMARTS) is 1. The largest absolute Gasteiger partial charge is 0.493 e. The van der Waals surface area contributed by atoms with E-state index in [1.54, 1.807) is 0 Å². The van der Waals surface area contributed by atoms with E-state index in [2.05, 4.69) is 6.92 Å². The van der Waals surface area contributed by atoms with Crippen molar-refractivity contribution in [2.45, 2.75) is 45.4 Å². The molecule has 120 valence electrons. The Hall–Kier alpha value is -2.04. The normalized spacial score (nSPS) is 13.9. The summed E-state index contributed by atoms with van der Waals surface area (Å²) < 4.78 is 5.46. The zero-order chi connectivity index (χ0) is 15.9. The van der Waals surface area contributed by atoms with Crippen molar-refractivity contribution in [2.24, 2.45) is 0 Å². The highest BCUT2D eigenvalue weighted by molar-refractivity contribution is 5.96. The summed E-state index contributed by atoms with van der Waals surface area (Å²) >= 11 is 0. The molecule has 0 radical (unpaired) electrons. The predicted molar refractivity (Wildman–Crippen MR) is 84.4 cm³/mol. The number of unbranched alkanes of at least 4 members (excludes halogenated alkanes) is 2. The molecule has 1 heterocycles. The Balaban J connectivity index is 2.05. The van der Waals surface area contributed by atoms with Crippen molar-refractivity contribution in [1.29, 1.82) is 0 Å². The molecule has 1 N–H and O–H groups in total. The van der Waals surface area contributed by atoms with E-state index in [1.807, 2.05) is 23.1 Å². The number of hydrogen-bond donors (Lipinski definition) is 1. The summed E-state index contributed by atoms with van der Waals surface area (Å²) in [7, 11) is 0. The van der Waals surface area contributed by atoms with E-state index in [1.165, 1.54) is 0 Å². The van der Waals surface area contributed by atoms with Crippen molar-refractivity contribution in [3.63, 3.8) is 0 Å². The maximum Gasteiger partial charge on any atom is 0.306 e. The van der Waals surface area contributed by atoms with Crippen LogP contribution in [0, 0.1) is 0 Å². The van der Waals surface area contributed by atoms with Crippen molar-refractivity contribution < 1.29 is 19.4 Å². The standard InChI is InChI=1S/C17H23NO4/c1-2-3-4-10-18-15-7-6-14(22-11-9-17(20)21)12-13(15)5-8-16(18)19/h6-7,12H,2-5,8-11H2,1H3,(H,20,21). The van der Waals surface area contributed by atoms with Crippen LogP contribution in [0.3, 0.4) is 0 Å². The number of nitrogens with zero attached hydrogens (tertiary/aromatic N) is 1. The SMILES string of the molecule is CCCCCN1C(=O)CCc2cc(OCCC(=O)O)ccc21. The van der Waals surface area contributed by atoms with Gasteiger partial charge in [0.15, 0.2) is 0 Å². The lowest BCUT2D eigenvalue weighted by Crippen LogP contribution is -2.35. The van der Waals surface area contributed by atoms with E-state index < -0.39 is 5.97 Å². The van der Waals surface area contributed by atoms with Gasteiger partial charge in [-0.1, -0.05) is 19.8 Å². The van der Waals surface area contributed by atoms with Crippen LogP contribution >= 0.6 is 0 Å². The minimum atomic E-state index is -0.870. The van der Waals surface area contributed by atoms with E-state index >= 15 is 0 Å². The number of rotatable bonds is 8. The van der Waals surface area contributed by atoms with Crippen LogP contribution in [0.2, 0.25) is 0 Å². The number of amides is 1. The molecule has 1 aromatic rings. The quantitative estimate of drug-likeness (QED) is 0.750. The number of carbonyl (C=O) groups excluding carboxylic acids is 1. The van der Waals surface area contributed by atoms with Crippen LogP contribution in [0.4, 0.5) is 5.69 Å². The molecule has 1 aromatic carbocycles. The van der Waals surface area contributed by atoms with E-state index in [-0.39, 0.29) is 18.9 Å². The van der Waals surface area contributed by atoms with Crippen molar-refractivity contribution in [1.82, 2.24) is 0 Å². The number of aliphatic carboxylic acids is 1. The Kier molecular flexibility index (Phi) is 5.81. The Bertz CT molecular complexity index is 541. The highest BCUT2D eigenvalue weighted by Crippen LogP contribution is 2.31. The minimum Gasteiger partial charge on any atom is -0.493 e. The highest BCUT2D eigenvalue weighted by Gasteiger charge is 2.23. The van der Waals surface area contributed by atoms with Gasteiger partial charge in [-0.25, -0.2) is 0 Å². The second kappa shape index (κ2) is 7.82. The molecule has 0 bridgehead atoms. The third-order valence-electron chi connectivity index (χ3n) is 3.82. The fourth-order valence-corrected chi connectivity index (χ4v) is 2.65. The first-order valence-corrected chi connectivity index (χ1v) is 7.89. The molecular weight excluding hydrogens is 282 g/mol. The van der Waals surface area contributed by atoms with Crippen molar-refractivity contribution >= 4 is 17.6 Å². The van der Waals surface area contributed by atoms with E-state index in [9.17, 15) is 9.59 Å². The second-order valence-electron chi connectivity index (χ2n) is 5.54. The molecule has 5 nitrogen and oxygen atoms in total. The van der Waals surface area contributed by atoms with Gasteiger partial charge in [0.25, 0.3) is 0 Å². The van der Waals surface area contributed by atoms with Gasteiger partial charge in [-0.05, 0) is 36.6 Å². The number of fused-ring (bicyclic) bond motifs is 1. The van der Waals surface area contributed by atoms with Crippen LogP contribution in [-0.2, 0) is 16.0 Å². The highest BCUT2D eigenvalue weighted by atomic mass is 16.5. The zero-order valence-corrected chi connectivity index (χ0v) is 13.0. The van der Waals surface area contributed by atoms with Gasteiger partial charge < -0.3 is 14.7 Å². The van der Waals surface area contributed by atoms with Crippen LogP contribution in [0.5, 0.6) is 5.75 Å². The van der Waals surface area contributed by atoms with E-state index in [0.717, 1.165) is 37.1 Å². The van der Waals surface area contributed by atoms with E-state index in [4.69, 9.17) is 9.84 Å². The predicted octanol–water partition coefficient (Wildman–Crippen LogP) is 3.01. The fraction of sp³-hybridized carbons (Fsp3) is 0.529. The van der Waals surface area contributed by atoms with Crippen LogP contribution in [-0.4, -0.2) is 30.1 Å². The summed E-state index contributed by atoms with van der Waals surface area (Å²) in [5.41, 5.74) is 2.07. The molecule has 1 amide bonds. The lowest BCUT2D eigenvalue weighted by Gasteiger charge is -2.29. The van der Waals surface area contributed by atoms with Crippen molar-refractivity contribution in [2.75, 3.05) is 18.1 Å². The first-order valence-electron chi connectivity index (χ1n) is 7.89. The summed E-state index contributed by atoms with van der Waals surface area (Å²) in [5, 5.41) is 8.63. The number of aryl methyl sites for hydroxylation is 1. The number of carboxylic acids is 1. The number of ether oxygens (including phenoxy) is 1. The van der Waals surface area contributed by atoms with Crippen molar-refractivity contribution in [3.05, 3.63) is 23.8 Å². The smallest absolute Gasteiger partial charge is 0.306 e. The molecule has 0 unspecified atom stereocenters. The average molecular weight is 305 g/mol. The molecule has 1 aliphatic rings. The molecule has 1 aliphatic heterocycles. The van der Waals surface area contributed by atoms with Gasteiger partial charge in [-0.15, -0.1) is 0 Å². The molecule has 5 heteroatoms. The first kappa shape index (κ1) is 16.3. The van der Waals surface area contributed by atoms with Gasteiger partial charge >= 0.3 is 5.97 Å². The molecule has 0 saturated heterocycles. The second-order valence-corrected chi connectivity index (χ2v) is 5.54. The Morgan fingerprint density at radius 2 is 2.14 bits per heavy atom. The molecule has 0 aromatic heterocycles. The lowest BCUT2D eigenvalue weighted by atomic mass is 10.0. The van der Waals surface area contributed by atoms with Gasteiger partial charge in [0, 0.05) is 18.7 Å². The molecule has 0 fully saturated rings. The Morgan fingerprint density at radius 3 is 2.86 bits per heavy atom. The summed E-state index contributed by atoms with van der Waals surface area (Å²) in [6.07, 6.45) is 4.49. The first-order chi connectivity index (χ1) is 10.6. The summed E-state index contributed by atoms with van der Waals surface area (Å²) in [5.74, 6) is -0.0170.